The van der Waals surface area contributed by atoms with E-state index >= 15 is 0 Å². The first kappa shape index (κ1) is 22.7. The molecule has 4 heteroatoms. The maximum Gasteiger partial charge on any atom is 0.314 e. The van der Waals surface area contributed by atoms with Crippen molar-refractivity contribution in [2.24, 2.45) is 11.8 Å². The molecule has 1 aromatic heterocycles. The predicted molar refractivity (Wildman–Crippen MR) is 114 cm³/mol. The van der Waals surface area contributed by atoms with Gasteiger partial charge in [-0.05, 0) is 44.1 Å². The summed E-state index contributed by atoms with van der Waals surface area (Å²) in [6.07, 6.45) is 17.3. The zero-order valence-corrected chi connectivity index (χ0v) is 18.0. The highest BCUT2D eigenvalue weighted by atomic mass is 16.5. The monoisotopic (exact) mass is 389 g/mol. The second-order valence-electron chi connectivity index (χ2n) is 8.23. The molecule has 1 aliphatic rings. The van der Waals surface area contributed by atoms with Crippen LogP contribution in [-0.2, 0) is 4.79 Å². The van der Waals surface area contributed by atoms with Crippen molar-refractivity contribution in [2.75, 3.05) is 6.61 Å². The van der Waals surface area contributed by atoms with Crippen LogP contribution in [0.15, 0.2) is 18.3 Å². The number of carbonyl (C=O) groups excluding carboxylic acids is 1. The van der Waals surface area contributed by atoms with Crippen LogP contribution in [-0.4, -0.2) is 17.6 Å². The fraction of sp³-hybridized carbons (Fsp3) is 0.750. The van der Waals surface area contributed by atoms with Crippen molar-refractivity contribution in [3.05, 3.63) is 18.3 Å². The van der Waals surface area contributed by atoms with Gasteiger partial charge in [-0.15, -0.1) is 0 Å². The van der Waals surface area contributed by atoms with Crippen molar-refractivity contribution in [3.8, 4) is 11.6 Å². The molecule has 1 saturated carbocycles. The molecular formula is C24H39NO3. The van der Waals surface area contributed by atoms with Crippen molar-refractivity contribution in [3.63, 3.8) is 0 Å². The molecule has 0 aromatic carbocycles. The van der Waals surface area contributed by atoms with Crippen LogP contribution in [0.1, 0.15) is 97.3 Å². The Morgan fingerprint density at radius 2 is 1.68 bits per heavy atom. The summed E-state index contributed by atoms with van der Waals surface area (Å²) in [6, 6.07) is 3.56. The molecule has 158 valence electrons. The molecule has 0 bridgehead atoms. The molecule has 0 spiro atoms. The van der Waals surface area contributed by atoms with Crippen LogP contribution >= 0.6 is 0 Å². The third kappa shape index (κ3) is 8.62. The Hall–Kier alpha value is -1.58. The molecule has 1 aliphatic carbocycles. The fourth-order valence-corrected chi connectivity index (χ4v) is 3.96. The number of hydrogen-bond acceptors (Lipinski definition) is 4. The lowest BCUT2D eigenvalue weighted by Gasteiger charge is -2.27. The maximum absolute atomic E-state index is 12.5. The van der Waals surface area contributed by atoms with Gasteiger partial charge in [-0.3, -0.25) is 4.79 Å². The molecule has 0 amide bonds. The summed E-state index contributed by atoms with van der Waals surface area (Å²) in [5.41, 5.74) is 0. The number of pyridine rings is 1. The van der Waals surface area contributed by atoms with Gasteiger partial charge >= 0.3 is 5.97 Å². The second kappa shape index (κ2) is 13.6. The average Bonchev–Trinajstić information content (AvgIpc) is 2.72. The van der Waals surface area contributed by atoms with Crippen molar-refractivity contribution < 1.29 is 14.3 Å². The van der Waals surface area contributed by atoms with Crippen molar-refractivity contribution >= 4 is 5.97 Å². The summed E-state index contributed by atoms with van der Waals surface area (Å²) in [5.74, 6) is 1.86. The molecule has 1 heterocycles. The highest BCUT2D eigenvalue weighted by Crippen LogP contribution is 2.33. The van der Waals surface area contributed by atoms with E-state index in [0.717, 1.165) is 44.4 Å². The van der Waals surface area contributed by atoms with Gasteiger partial charge in [-0.25, -0.2) is 4.98 Å². The lowest BCUT2D eigenvalue weighted by Crippen LogP contribution is -2.25. The molecule has 28 heavy (non-hydrogen) atoms. The first-order valence-corrected chi connectivity index (χ1v) is 11.5. The van der Waals surface area contributed by atoms with E-state index < -0.39 is 0 Å². The Morgan fingerprint density at radius 3 is 2.36 bits per heavy atom. The van der Waals surface area contributed by atoms with E-state index in [0.29, 0.717) is 18.2 Å². The van der Waals surface area contributed by atoms with Gasteiger partial charge in [-0.2, -0.15) is 0 Å². The molecule has 1 fully saturated rings. The van der Waals surface area contributed by atoms with Gasteiger partial charge in [0.15, 0.2) is 0 Å². The number of esters is 1. The summed E-state index contributed by atoms with van der Waals surface area (Å²) in [4.78, 5) is 16.7. The van der Waals surface area contributed by atoms with Crippen LogP contribution < -0.4 is 9.47 Å². The van der Waals surface area contributed by atoms with Crippen LogP contribution in [0.5, 0.6) is 11.6 Å². The maximum atomic E-state index is 12.5. The van der Waals surface area contributed by atoms with Gasteiger partial charge in [-0.1, -0.05) is 65.2 Å². The standard InChI is InChI=1S/C24H39NO3/c1-3-5-7-8-9-11-20-12-14-21(15-13-20)24(26)28-22-16-17-23(25-19-22)27-18-10-6-4-2/h16-17,19-21H,3-15,18H2,1-2H3/t20-,21-. The van der Waals surface area contributed by atoms with E-state index in [1.807, 2.05) is 0 Å². The third-order valence-corrected chi connectivity index (χ3v) is 5.82. The highest BCUT2D eigenvalue weighted by molar-refractivity contribution is 5.75. The number of aromatic nitrogens is 1. The normalized spacial score (nSPS) is 19.4. The van der Waals surface area contributed by atoms with Gasteiger partial charge in [0.25, 0.3) is 0 Å². The fourth-order valence-electron chi connectivity index (χ4n) is 3.96. The van der Waals surface area contributed by atoms with Crippen molar-refractivity contribution in [1.29, 1.82) is 0 Å². The van der Waals surface area contributed by atoms with Crippen LogP contribution in [0, 0.1) is 11.8 Å². The third-order valence-electron chi connectivity index (χ3n) is 5.82. The zero-order valence-electron chi connectivity index (χ0n) is 18.0. The number of unbranched alkanes of at least 4 members (excludes halogenated alkanes) is 6. The van der Waals surface area contributed by atoms with E-state index in [9.17, 15) is 4.79 Å². The van der Waals surface area contributed by atoms with Crippen LogP contribution in [0.2, 0.25) is 0 Å². The van der Waals surface area contributed by atoms with Gasteiger partial charge in [0.2, 0.25) is 5.88 Å². The zero-order chi connectivity index (χ0) is 20.0. The molecule has 0 radical (unpaired) electrons. The van der Waals surface area contributed by atoms with Crippen LogP contribution in [0.3, 0.4) is 0 Å². The first-order chi connectivity index (χ1) is 13.7. The van der Waals surface area contributed by atoms with Gasteiger partial charge in [0, 0.05) is 6.07 Å². The minimum Gasteiger partial charge on any atom is -0.478 e. The van der Waals surface area contributed by atoms with E-state index in [2.05, 4.69) is 18.8 Å². The summed E-state index contributed by atoms with van der Waals surface area (Å²) in [6.45, 7) is 5.11. The molecule has 4 nitrogen and oxygen atoms in total. The minimum absolute atomic E-state index is 0.0429. The van der Waals surface area contributed by atoms with E-state index in [-0.39, 0.29) is 11.9 Å². The van der Waals surface area contributed by atoms with Gasteiger partial charge in [0.05, 0.1) is 18.7 Å². The molecular weight excluding hydrogens is 350 g/mol. The van der Waals surface area contributed by atoms with E-state index in [1.54, 1.807) is 18.3 Å². The Morgan fingerprint density at radius 1 is 0.964 bits per heavy atom. The molecule has 1 aromatic rings. The number of rotatable bonds is 13. The van der Waals surface area contributed by atoms with E-state index in [1.165, 1.54) is 44.9 Å². The van der Waals surface area contributed by atoms with Crippen molar-refractivity contribution in [2.45, 2.75) is 97.3 Å². The van der Waals surface area contributed by atoms with Crippen molar-refractivity contribution in [1.82, 2.24) is 4.98 Å². The Bertz CT molecular complexity index is 535. The number of hydrogen-bond donors (Lipinski definition) is 0. The van der Waals surface area contributed by atoms with Crippen LogP contribution in [0.25, 0.3) is 0 Å². The summed E-state index contributed by atoms with van der Waals surface area (Å²) >= 11 is 0. The topological polar surface area (TPSA) is 48.4 Å². The Labute approximate surface area is 171 Å². The minimum atomic E-state index is -0.0974. The average molecular weight is 390 g/mol. The lowest BCUT2D eigenvalue weighted by molar-refractivity contribution is -0.140. The summed E-state index contributed by atoms with van der Waals surface area (Å²) in [5, 5.41) is 0. The second-order valence-corrected chi connectivity index (χ2v) is 8.23. The summed E-state index contributed by atoms with van der Waals surface area (Å²) in [7, 11) is 0. The lowest BCUT2D eigenvalue weighted by atomic mass is 9.80. The Balaban J connectivity index is 1.64. The number of nitrogens with zero attached hydrogens (tertiary/aromatic N) is 1. The van der Waals surface area contributed by atoms with E-state index in [4.69, 9.17) is 9.47 Å². The molecule has 0 saturated heterocycles. The smallest absolute Gasteiger partial charge is 0.314 e. The largest absolute Gasteiger partial charge is 0.478 e. The predicted octanol–water partition coefficient (Wildman–Crippen LogP) is 6.72. The molecule has 0 aliphatic heterocycles. The molecule has 2 rings (SSSR count). The molecule has 0 atom stereocenters. The number of carbonyl (C=O) groups is 1. The molecule has 0 unspecified atom stereocenters. The first-order valence-electron chi connectivity index (χ1n) is 11.5. The molecule has 0 N–H and O–H groups in total. The van der Waals surface area contributed by atoms with Crippen LogP contribution in [0.4, 0.5) is 0 Å². The van der Waals surface area contributed by atoms with Gasteiger partial charge < -0.3 is 9.47 Å². The SMILES string of the molecule is CCCCCCC[C@H]1CC[C@H](C(=O)Oc2ccc(OCCCCC)nc2)CC1. The summed E-state index contributed by atoms with van der Waals surface area (Å²) < 4.78 is 11.2. The quantitative estimate of drug-likeness (QED) is 0.277. The number of ether oxygens (including phenoxy) is 2. The van der Waals surface area contributed by atoms with Gasteiger partial charge in [0.1, 0.15) is 5.75 Å². The Kier molecular flexibility index (Phi) is 11.0. The highest BCUT2D eigenvalue weighted by Gasteiger charge is 2.27.